The Morgan fingerprint density at radius 2 is 2.12 bits per heavy atom. The SMILES string of the molecule is NCc1cnccc1N(CC1CC1)C1CC1. The molecule has 0 spiro atoms. The minimum absolute atomic E-state index is 0.594. The summed E-state index contributed by atoms with van der Waals surface area (Å²) in [4.78, 5) is 6.74. The van der Waals surface area contributed by atoms with Crippen molar-refractivity contribution in [3.63, 3.8) is 0 Å². The van der Waals surface area contributed by atoms with Crippen molar-refractivity contribution in [1.29, 1.82) is 0 Å². The first kappa shape index (κ1) is 10.1. The van der Waals surface area contributed by atoms with Crippen molar-refractivity contribution in [3.05, 3.63) is 24.0 Å². The molecule has 16 heavy (non-hydrogen) atoms. The highest BCUT2D eigenvalue weighted by Crippen LogP contribution is 2.38. The maximum Gasteiger partial charge on any atom is 0.0445 e. The van der Waals surface area contributed by atoms with Crippen molar-refractivity contribution < 1.29 is 0 Å². The van der Waals surface area contributed by atoms with E-state index in [2.05, 4.69) is 16.0 Å². The van der Waals surface area contributed by atoms with Crippen molar-refractivity contribution in [1.82, 2.24) is 4.98 Å². The summed E-state index contributed by atoms with van der Waals surface area (Å²) in [5, 5.41) is 0. The lowest BCUT2D eigenvalue weighted by atomic mass is 10.2. The molecule has 2 fully saturated rings. The fourth-order valence-corrected chi connectivity index (χ4v) is 2.27. The van der Waals surface area contributed by atoms with E-state index in [1.165, 1.54) is 43.5 Å². The Balaban J connectivity index is 1.84. The van der Waals surface area contributed by atoms with E-state index in [-0.39, 0.29) is 0 Å². The molecule has 2 aliphatic carbocycles. The maximum absolute atomic E-state index is 5.79. The first-order valence-corrected chi connectivity index (χ1v) is 6.28. The highest BCUT2D eigenvalue weighted by Gasteiger charge is 2.34. The van der Waals surface area contributed by atoms with Gasteiger partial charge in [-0.25, -0.2) is 0 Å². The highest BCUT2D eigenvalue weighted by molar-refractivity contribution is 5.54. The zero-order valence-corrected chi connectivity index (χ0v) is 9.60. The van der Waals surface area contributed by atoms with Crippen molar-refractivity contribution in [3.8, 4) is 0 Å². The Hall–Kier alpha value is -1.09. The second kappa shape index (κ2) is 4.06. The molecule has 3 nitrogen and oxygen atoms in total. The molecule has 2 saturated carbocycles. The number of anilines is 1. The lowest BCUT2D eigenvalue weighted by Crippen LogP contribution is -2.29. The summed E-state index contributed by atoms with van der Waals surface area (Å²) in [6, 6.07) is 2.90. The zero-order valence-electron chi connectivity index (χ0n) is 9.60. The third kappa shape index (κ3) is 2.05. The average molecular weight is 217 g/mol. The Bertz CT molecular complexity index is 369. The first-order chi connectivity index (χ1) is 7.88. The predicted molar refractivity (Wildman–Crippen MR) is 65.2 cm³/mol. The van der Waals surface area contributed by atoms with Gasteiger partial charge in [-0.3, -0.25) is 4.98 Å². The van der Waals surface area contributed by atoms with Crippen LogP contribution in [-0.4, -0.2) is 17.6 Å². The van der Waals surface area contributed by atoms with Crippen molar-refractivity contribution in [2.75, 3.05) is 11.4 Å². The Morgan fingerprint density at radius 1 is 1.31 bits per heavy atom. The van der Waals surface area contributed by atoms with Crippen molar-refractivity contribution in [2.24, 2.45) is 11.7 Å². The minimum atomic E-state index is 0.594. The summed E-state index contributed by atoms with van der Waals surface area (Å²) in [5.74, 6) is 0.930. The van der Waals surface area contributed by atoms with Gasteiger partial charge >= 0.3 is 0 Å². The van der Waals surface area contributed by atoms with Crippen LogP contribution in [0.25, 0.3) is 0 Å². The summed E-state index contributed by atoms with van der Waals surface area (Å²) in [7, 11) is 0. The molecular weight excluding hydrogens is 198 g/mol. The van der Waals surface area contributed by atoms with E-state index in [0.29, 0.717) is 6.54 Å². The van der Waals surface area contributed by atoms with Crippen LogP contribution >= 0.6 is 0 Å². The second-order valence-electron chi connectivity index (χ2n) is 5.04. The summed E-state index contributed by atoms with van der Waals surface area (Å²) in [5.41, 5.74) is 8.30. The van der Waals surface area contributed by atoms with Crippen LogP contribution in [0.15, 0.2) is 18.5 Å². The third-order valence-corrected chi connectivity index (χ3v) is 3.55. The molecule has 3 heteroatoms. The standard InChI is InChI=1S/C13H19N3/c14-7-11-8-15-6-5-13(11)16(12-3-4-12)9-10-1-2-10/h5-6,8,10,12H,1-4,7,9,14H2. The molecule has 1 aromatic rings. The van der Waals surface area contributed by atoms with Crippen LogP contribution in [-0.2, 0) is 6.54 Å². The summed E-state index contributed by atoms with van der Waals surface area (Å²) >= 11 is 0. The van der Waals surface area contributed by atoms with Gasteiger partial charge in [0, 0.05) is 42.8 Å². The number of hydrogen-bond acceptors (Lipinski definition) is 3. The van der Waals surface area contributed by atoms with Gasteiger partial charge in [0.1, 0.15) is 0 Å². The van der Waals surface area contributed by atoms with Gasteiger partial charge in [0.15, 0.2) is 0 Å². The van der Waals surface area contributed by atoms with Crippen LogP contribution in [0.4, 0.5) is 5.69 Å². The number of nitrogens with two attached hydrogens (primary N) is 1. The van der Waals surface area contributed by atoms with Gasteiger partial charge in [-0.1, -0.05) is 0 Å². The molecule has 0 aromatic carbocycles. The fourth-order valence-electron chi connectivity index (χ4n) is 2.27. The molecule has 0 saturated heterocycles. The molecular formula is C13H19N3. The van der Waals surface area contributed by atoms with Gasteiger partial charge < -0.3 is 10.6 Å². The number of nitrogens with zero attached hydrogens (tertiary/aromatic N) is 2. The topological polar surface area (TPSA) is 42.1 Å². The van der Waals surface area contributed by atoms with E-state index >= 15 is 0 Å². The molecule has 1 aromatic heterocycles. The Labute approximate surface area is 96.7 Å². The Morgan fingerprint density at radius 3 is 2.75 bits per heavy atom. The van der Waals surface area contributed by atoms with Crippen molar-refractivity contribution >= 4 is 5.69 Å². The van der Waals surface area contributed by atoms with Gasteiger partial charge in [0.2, 0.25) is 0 Å². The molecule has 1 heterocycles. The monoisotopic (exact) mass is 217 g/mol. The molecule has 0 atom stereocenters. The molecule has 2 aliphatic rings. The molecule has 3 rings (SSSR count). The van der Waals surface area contributed by atoms with Crippen molar-refractivity contribution in [2.45, 2.75) is 38.3 Å². The fraction of sp³-hybridized carbons (Fsp3) is 0.615. The van der Waals surface area contributed by atoms with E-state index in [1.54, 1.807) is 0 Å². The minimum Gasteiger partial charge on any atom is -0.368 e. The molecule has 0 aliphatic heterocycles. The molecule has 0 radical (unpaired) electrons. The van der Waals surface area contributed by atoms with Gasteiger partial charge in [0.05, 0.1) is 0 Å². The smallest absolute Gasteiger partial charge is 0.0445 e. The predicted octanol–water partition coefficient (Wildman–Crippen LogP) is 1.92. The highest BCUT2D eigenvalue weighted by atomic mass is 15.2. The van der Waals surface area contributed by atoms with E-state index < -0.39 is 0 Å². The maximum atomic E-state index is 5.79. The van der Waals surface area contributed by atoms with E-state index in [9.17, 15) is 0 Å². The summed E-state index contributed by atoms with van der Waals surface area (Å²) in [6.07, 6.45) is 9.31. The van der Waals surface area contributed by atoms with Crippen LogP contribution in [0.1, 0.15) is 31.2 Å². The second-order valence-corrected chi connectivity index (χ2v) is 5.04. The molecule has 86 valence electrons. The molecule has 2 N–H and O–H groups in total. The van der Waals surface area contributed by atoms with Crippen LogP contribution in [0, 0.1) is 5.92 Å². The van der Waals surface area contributed by atoms with Gasteiger partial charge in [-0.05, 0) is 37.7 Å². The van der Waals surface area contributed by atoms with E-state index in [0.717, 1.165) is 12.0 Å². The van der Waals surface area contributed by atoms with E-state index in [4.69, 9.17) is 5.73 Å². The molecule has 0 amide bonds. The molecule has 0 unspecified atom stereocenters. The van der Waals surface area contributed by atoms with Crippen LogP contribution in [0.3, 0.4) is 0 Å². The number of pyridine rings is 1. The lowest BCUT2D eigenvalue weighted by molar-refractivity contribution is 0.713. The first-order valence-electron chi connectivity index (χ1n) is 6.28. The number of aromatic nitrogens is 1. The van der Waals surface area contributed by atoms with Crippen LogP contribution < -0.4 is 10.6 Å². The van der Waals surface area contributed by atoms with Gasteiger partial charge in [-0.15, -0.1) is 0 Å². The average Bonchev–Trinajstić information content (AvgIpc) is 3.16. The number of hydrogen-bond donors (Lipinski definition) is 1. The number of rotatable bonds is 5. The van der Waals surface area contributed by atoms with Crippen LogP contribution in [0.5, 0.6) is 0 Å². The summed E-state index contributed by atoms with van der Waals surface area (Å²) in [6.45, 7) is 1.82. The lowest BCUT2D eigenvalue weighted by Gasteiger charge is -2.26. The van der Waals surface area contributed by atoms with E-state index in [1.807, 2.05) is 12.4 Å². The molecule has 0 bridgehead atoms. The zero-order chi connectivity index (χ0) is 11.0. The van der Waals surface area contributed by atoms with Gasteiger partial charge in [0.25, 0.3) is 0 Å². The quantitative estimate of drug-likeness (QED) is 0.819. The normalized spacial score (nSPS) is 19.8. The Kier molecular flexibility index (Phi) is 2.56. The summed E-state index contributed by atoms with van der Waals surface area (Å²) < 4.78 is 0. The van der Waals surface area contributed by atoms with Crippen LogP contribution in [0.2, 0.25) is 0 Å². The largest absolute Gasteiger partial charge is 0.368 e. The van der Waals surface area contributed by atoms with Gasteiger partial charge in [-0.2, -0.15) is 0 Å². The third-order valence-electron chi connectivity index (χ3n) is 3.55.